The van der Waals surface area contributed by atoms with Crippen molar-refractivity contribution in [3.05, 3.63) is 12.7 Å². The second-order valence-corrected chi connectivity index (χ2v) is 18.8. The molecule has 6 amide bonds. The van der Waals surface area contributed by atoms with Crippen LogP contribution in [0.2, 0.25) is 0 Å². The summed E-state index contributed by atoms with van der Waals surface area (Å²) < 4.78 is 0. The number of hydrogen-bond donors (Lipinski definition) is 5. The third-order valence-electron chi connectivity index (χ3n) is 13.1. The van der Waals surface area contributed by atoms with E-state index < -0.39 is 59.4 Å². The third kappa shape index (κ3) is 9.73. The summed E-state index contributed by atoms with van der Waals surface area (Å²) in [4.78, 5) is 85.6. The van der Waals surface area contributed by atoms with Crippen LogP contribution in [0.1, 0.15) is 118 Å². The first-order valence-electron chi connectivity index (χ1n) is 20.4. The molecule has 5 aliphatic rings. The summed E-state index contributed by atoms with van der Waals surface area (Å²) in [6.45, 7) is 13.9. The van der Waals surface area contributed by atoms with Gasteiger partial charge in [0.05, 0.1) is 12.1 Å². The predicted molar refractivity (Wildman–Crippen MR) is 208 cm³/mol. The van der Waals surface area contributed by atoms with Crippen LogP contribution in [0.25, 0.3) is 0 Å². The third-order valence-corrected chi connectivity index (χ3v) is 13.1. The van der Waals surface area contributed by atoms with Crippen molar-refractivity contribution in [2.24, 2.45) is 34.0 Å². The van der Waals surface area contributed by atoms with E-state index in [4.69, 9.17) is 6.42 Å². The van der Waals surface area contributed by atoms with Crippen molar-refractivity contribution in [1.29, 1.82) is 0 Å². The minimum absolute atomic E-state index is 0.0699. The first-order valence-corrected chi connectivity index (χ1v) is 20.4. The number of fused-ring (bicyclic) bond motifs is 2. The van der Waals surface area contributed by atoms with Crippen molar-refractivity contribution in [2.75, 3.05) is 19.6 Å². The molecule has 2 heterocycles. The van der Waals surface area contributed by atoms with Crippen LogP contribution < -0.4 is 21.3 Å². The van der Waals surface area contributed by atoms with E-state index in [9.17, 15) is 33.9 Å². The topological polar surface area (TPSA) is 177 Å². The number of nitrogens with one attached hydrogen (secondary N) is 4. The zero-order valence-corrected chi connectivity index (χ0v) is 33.6. The zero-order valence-electron chi connectivity index (χ0n) is 33.6. The fourth-order valence-corrected chi connectivity index (χ4v) is 9.75. The average molecular weight is 765 g/mol. The van der Waals surface area contributed by atoms with E-state index in [-0.39, 0.29) is 66.3 Å². The Labute approximate surface area is 326 Å². The molecule has 0 aromatic carbocycles. The summed E-state index contributed by atoms with van der Waals surface area (Å²) in [5, 5.41) is 22.4. The van der Waals surface area contributed by atoms with Gasteiger partial charge in [0.15, 0.2) is 0 Å². The highest BCUT2D eigenvalue weighted by Gasteiger charge is 2.64. The van der Waals surface area contributed by atoms with Crippen LogP contribution in [0.4, 0.5) is 4.79 Å². The largest absolute Gasteiger partial charge is 0.374 e. The van der Waals surface area contributed by atoms with E-state index >= 15 is 0 Å². The molecule has 3 saturated carbocycles. The molecule has 304 valence electrons. The molecule has 7 atom stereocenters. The van der Waals surface area contributed by atoms with Gasteiger partial charge in [0.1, 0.15) is 18.3 Å². The Morgan fingerprint density at radius 1 is 1.04 bits per heavy atom. The number of urea groups is 1. The molecule has 13 heteroatoms. The lowest BCUT2D eigenvalue weighted by Gasteiger charge is -2.44. The first-order chi connectivity index (χ1) is 25.9. The molecule has 55 heavy (non-hydrogen) atoms. The van der Waals surface area contributed by atoms with Gasteiger partial charge in [0.2, 0.25) is 23.5 Å². The van der Waals surface area contributed by atoms with Crippen LogP contribution in [0.3, 0.4) is 0 Å². The molecule has 5 rings (SSSR count). The van der Waals surface area contributed by atoms with Crippen molar-refractivity contribution < 1.29 is 33.9 Å². The summed E-state index contributed by atoms with van der Waals surface area (Å²) in [7, 11) is 0. The molecule has 13 nitrogen and oxygen atoms in total. The number of carbonyl (C=O) groups excluding carboxylic acids is 6. The van der Waals surface area contributed by atoms with Gasteiger partial charge in [-0.3, -0.25) is 24.0 Å². The average Bonchev–Trinajstić information content (AvgIpc) is 3.69. The van der Waals surface area contributed by atoms with Crippen LogP contribution >= 0.6 is 0 Å². The number of ketones is 1. The molecule has 0 aromatic rings. The van der Waals surface area contributed by atoms with Crippen LogP contribution in [0.15, 0.2) is 12.7 Å². The van der Waals surface area contributed by atoms with Gasteiger partial charge < -0.3 is 36.2 Å². The molecule has 0 bridgehead atoms. The monoisotopic (exact) mass is 764 g/mol. The van der Waals surface area contributed by atoms with E-state index in [0.29, 0.717) is 19.4 Å². The highest BCUT2D eigenvalue weighted by Crippen LogP contribution is 2.66. The van der Waals surface area contributed by atoms with Crippen molar-refractivity contribution in [3.8, 4) is 12.3 Å². The summed E-state index contributed by atoms with van der Waals surface area (Å²) in [6.07, 6.45) is 15.1. The molecule has 3 unspecified atom stereocenters. The van der Waals surface area contributed by atoms with Crippen molar-refractivity contribution in [3.63, 3.8) is 0 Å². The highest BCUT2D eigenvalue weighted by atomic mass is 16.3. The highest BCUT2D eigenvalue weighted by molar-refractivity contribution is 6.38. The Morgan fingerprint density at radius 3 is 2.33 bits per heavy atom. The van der Waals surface area contributed by atoms with Gasteiger partial charge in [-0.2, -0.15) is 0 Å². The molecule has 5 N–H and O–H groups in total. The number of aliphatic hydroxyl groups excluding tert-OH is 1. The van der Waals surface area contributed by atoms with Gasteiger partial charge in [-0.15, -0.1) is 18.9 Å². The smallest absolute Gasteiger partial charge is 0.315 e. The molecule has 5 fully saturated rings. The fraction of sp³-hybridized carbons (Fsp3) is 0.762. The van der Waals surface area contributed by atoms with Gasteiger partial charge in [-0.05, 0) is 85.4 Å². The number of carbonyl (C=O) groups is 6. The number of amides is 6. The first kappa shape index (κ1) is 42.2. The summed E-state index contributed by atoms with van der Waals surface area (Å²) in [6, 6.07) is -4.03. The number of Topliss-reactive ketones (excluding diaryl/α,β-unsaturated/α-hetero) is 1. The second kappa shape index (κ2) is 17.1. The molecule has 1 spiro atoms. The normalized spacial score (nSPS) is 27.3. The lowest BCUT2D eigenvalue weighted by Crippen LogP contribution is -2.62. The number of terminal acetylenes is 1. The lowest BCUT2D eigenvalue weighted by atomic mass is 9.80. The Balaban J connectivity index is 1.38. The Kier molecular flexibility index (Phi) is 13.1. The number of likely N-dealkylation sites (tertiary alicyclic amines) is 2. The maximum atomic E-state index is 15.0. The van der Waals surface area contributed by atoms with E-state index in [1.807, 2.05) is 34.6 Å². The van der Waals surface area contributed by atoms with Gasteiger partial charge in [-0.25, -0.2) is 4.79 Å². The SMILES string of the molecule is C#CCCC(NC(=O)[C@@H]1[C@H]2CCC3(CC3)[C@H]2CN1C(=O)[C@@H](NC(=O)NC(CN1C(=O)CC(C)(C)CC1O)C(C)(C)C)C1CCCCC1)C(=O)C(=O)NCC=C. The van der Waals surface area contributed by atoms with Gasteiger partial charge in [0.25, 0.3) is 5.91 Å². The molecular weight excluding hydrogens is 700 g/mol. The number of piperidine rings is 1. The van der Waals surface area contributed by atoms with Gasteiger partial charge in [0, 0.05) is 32.5 Å². The molecule has 0 radical (unpaired) electrons. The molecule has 3 aliphatic carbocycles. The Morgan fingerprint density at radius 2 is 1.73 bits per heavy atom. The summed E-state index contributed by atoms with van der Waals surface area (Å²) in [5.74, 6) is -0.292. The second-order valence-electron chi connectivity index (χ2n) is 18.8. The molecule has 2 saturated heterocycles. The quantitative estimate of drug-likeness (QED) is 0.102. The van der Waals surface area contributed by atoms with Crippen LogP contribution in [0.5, 0.6) is 0 Å². The Hall–Kier alpha value is -3.92. The number of rotatable bonds is 14. The van der Waals surface area contributed by atoms with Crippen LogP contribution in [0, 0.1) is 46.3 Å². The van der Waals surface area contributed by atoms with Gasteiger partial charge >= 0.3 is 6.03 Å². The molecule has 2 aliphatic heterocycles. The van der Waals surface area contributed by atoms with E-state index in [1.165, 1.54) is 11.0 Å². The lowest BCUT2D eigenvalue weighted by molar-refractivity contribution is -0.155. The predicted octanol–water partition coefficient (Wildman–Crippen LogP) is 3.40. The minimum Gasteiger partial charge on any atom is -0.374 e. The standard InChI is InChI=1S/C42H64N6O7/c1-8-10-16-29(35(51)37(53)43-21-9-2)44-36(52)34-27-17-18-42(19-20-42)28(27)24-48(34)38(54)33(26-14-12-11-13-15-26)46-39(55)45-30(40(3,4)5)25-47-31(49)22-41(6,7)23-32(47)50/h1,9,26-31,33-34,49H,2,10-25H2,3-7H3,(H,43,53)(H,44,52)(H2,45,46,55)/t27-,28-,29?,30?,31?,33-,34-/m0/s1. The van der Waals surface area contributed by atoms with Crippen LogP contribution in [-0.2, 0) is 24.0 Å². The van der Waals surface area contributed by atoms with E-state index in [1.54, 1.807) is 4.90 Å². The maximum Gasteiger partial charge on any atom is 0.315 e. The van der Waals surface area contributed by atoms with Crippen molar-refractivity contribution in [1.82, 2.24) is 31.1 Å². The minimum atomic E-state index is -1.16. The summed E-state index contributed by atoms with van der Waals surface area (Å²) >= 11 is 0. The van der Waals surface area contributed by atoms with E-state index in [2.05, 4.69) is 33.8 Å². The van der Waals surface area contributed by atoms with Crippen molar-refractivity contribution in [2.45, 2.75) is 148 Å². The summed E-state index contributed by atoms with van der Waals surface area (Å²) in [5.41, 5.74) is -0.736. The Bertz CT molecular complexity index is 1540. The van der Waals surface area contributed by atoms with Crippen LogP contribution in [-0.4, -0.2) is 100 Å². The zero-order chi connectivity index (χ0) is 40.3. The maximum absolute atomic E-state index is 15.0. The number of nitrogens with zero attached hydrogens (tertiary/aromatic N) is 2. The fourth-order valence-electron chi connectivity index (χ4n) is 9.75. The number of aliphatic hydroxyl groups is 1. The molecule has 0 aromatic heterocycles. The number of hydrogen-bond acceptors (Lipinski definition) is 7. The van der Waals surface area contributed by atoms with E-state index in [0.717, 1.165) is 57.8 Å². The van der Waals surface area contributed by atoms with Crippen molar-refractivity contribution >= 4 is 35.4 Å². The van der Waals surface area contributed by atoms with Gasteiger partial charge in [-0.1, -0.05) is 60.0 Å². The molecular formula is C42H64N6O7.